The predicted molar refractivity (Wildman–Crippen MR) is 114 cm³/mol. The topological polar surface area (TPSA) is 44.4 Å². The molecule has 0 aromatic heterocycles. The molecule has 1 saturated heterocycles. The highest BCUT2D eigenvalue weighted by Crippen LogP contribution is 2.26. The Morgan fingerprint density at radius 2 is 1.77 bits per heavy atom. The number of halogens is 2. The van der Waals surface area contributed by atoms with Crippen molar-refractivity contribution in [1.29, 1.82) is 0 Å². The minimum atomic E-state index is 0. The lowest BCUT2D eigenvalue weighted by Crippen LogP contribution is -2.38. The fraction of sp³-hybridized carbons (Fsp3) is 0.350. The van der Waals surface area contributed by atoms with Crippen LogP contribution in [0.15, 0.2) is 42.5 Å². The molecular formula is C20H27Cl2N3O. The van der Waals surface area contributed by atoms with Crippen molar-refractivity contribution in [2.45, 2.75) is 26.3 Å². The van der Waals surface area contributed by atoms with Crippen molar-refractivity contribution in [2.24, 2.45) is 0 Å². The molecule has 1 unspecified atom stereocenters. The van der Waals surface area contributed by atoms with Crippen LogP contribution in [0.2, 0.25) is 0 Å². The zero-order chi connectivity index (χ0) is 17.1. The summed E-state index contributed by atoms with van der Waals surface area (Å²) in [6, 6.07) is 14.2. The van der Waals surface area contributed by atoms with Crippen LogP contribution in [-0.2, 0) is 0 Å². The third kappa shape index (κ3) is 4.70. The number of carbonyl (C=O) groups is 1. The standard InChI is InChI=1S/C20H25N3O.2ClH/c1-14-7-6-10-18(15(14)2)22-19-9-5-4-8-17(19)20(24)23(3)16-11-12-21-13-16;;/h4-10,16,21-22H,11-13H2,1-3H3;2*1H. The van der Waals surface area contributed by atoms with Gasteiger partial charge >= 0.3 is 0 Å². The molecule has 0 aliphatic carbocycles. The van der Waals surface area contributed by atoms with E-state index >= 15 is 0 Å². The van der Waals surface area contributed by atoms with Crippen molar-refractivity contribution in [3.05, 3.63) is 59.2 Å². The van der Waals surface area contributed by atoms with Crippen molar-refractivity contribution in [2.75, 3.05) is 25.5 Å². The number of likely N-dealkylation sites (N-methyl/N-ethyl adjacent to an activating group) is 1. The molecule has 0 radical (unpaired) electrons. The minimum absolute atomic E-state index is 0. The van der Waals surface area contributed by atoms with E-state index in [1.165, 1.54) is 11.1 Å². The number of benzene rings is 2. The van der Waals surface area contributed by atoms with Crippen LogP contribution in [0.5, 0.6) is 0 Å². The molecule has 2 aromatic rings. The third-order valence-electron chi connectivity index (χ3n) is 4.93. The van der Waals surface area contributed by atoms with Gasteiger partial charge in [-0.25, -0.2) is 0 Å². The Hall–Kier alpha value is -1.75. The Morgan fingerprint density at radius 1 is 1.08 bits per heavy atom. The zero-order valence-electron chi connectivity index (χ0n) is 15.4. The molecule has 142 valence electrons. The van der Waals surface area contributed by atoms with E-state index in [-0.39, 0.29) is 36.8 Å². The summed E-state index contributed by atoms with van der Waals surface area (Å²) < 4.78 is 0. The van der Waals surface area contributed by atoms with Crippen LogP contribution in [0.1, 0.15) is 27.9 Å². The van der Waals surface area contributed by atoms with Crippen LogP contribution in [-0.4, -0.2) is 37.0 Å². The summed E-state index contributed by atoms with van der Waals surface area (Å²) in [6.07, 6.45) is 1.01. The van der Waals surface area contributed by atoms with Crippen molar-refractivity contribution in [3.8, 4) is 0 Å². The van der Waals surface area contributed by atoms with E-state index in [1.807, 2.05) is 48.3 Å². The second-order valence-electron chi connectivity index (χ2n) is 6.48. The van der Waals surface area contributed by atoms with Gasteiger partial charge < -0.3 is 15.5 Å². The quantitative estimate of drug-likeness (QED) is 0.809. The van der Waals surface area contributed by atoms with Gasteiger partial charge in [-0.2, -0.15) is 0 Å². The molecule has 3 rings (SSSR count). The van der Waals surface area contributed by atoms with Gasteiger partial charge in [-0.15, -0.1) is 24.8 Å². The second kappa shape index (κ2) is 9.81. The molecule has 26 heavy (non-hydrogen) atoms. The first-order valence-electron chi connectivity index (χ1n) is 8.48. The van der Waals surface area contributed by atoms with Crippen LogP contribution < -0.4 is 10.6 Å². The molecule has 1 atom stereocenters. The lowest BCUT2D eigenvalue weighted by atomic mass is 10.1. The van der Waals surface area contributed by atoms with E-state index < -0.39 is 0 Å². The predicted octanol–water partition coefficient (Wildman–Crippen LogP) is 4.32. The molecule has 1 amide bonds. The van der Waals surface area contributed by atoms with E-state index in [1.54, 1.807) is 0 Å². The first-order valence-corrected chi connectivity index (χ1v) is 8.48. The number of hydrogen-bond acceptors (Lipinski definition) is 3. The highest BCUT2D eigenvalue weighted by atomic mass is 35.5. The minimum Gasteiger partial charge on any atom is -0.355 e. The Kier molecular flexibility index (Phi) is 8.41. The molecule has 2 N–H and O–H groups in total. The fourth-order valence-corrected chi connectivity index (χ4v) is 3.14. The Balaban J connectivity index is 0.00000169. The molecule has 2 aromatic carbocycles. The average molecular weight is 396 g/mol. The lowest BCUT2D eigenvalue weighted by molar-refractivity contribution is 0.0745. The van der Waals surface area contributed by atoms with E-state index in [9.17, 15) is 4.79 Å². The monoisotopic (exact) mass is 395 g/mol. The summed E-state index contributed by atoms with van der Waals surface area (Å²) in [7, 11) is 1.90. The Labute approximate surface area is 168 Å². The van der Waals surface area contributed by atoms with Gasteiger partial charge in [0, 0.05) is 25.3 Å². The maximum absolute atomic E-state index is 13.0. The van der Waals surface area contributed by atoms with Crippen LogP contribution in [0.25, 0.3) is 0 Å². The molecule has 6 heteroatoms. The molecule has 4 nitrogen and oxygen atoms in total. The fourth-order valence-electron chi connectivity index (χ4n) is 3.14. The van der Waals surface area contributed by atoms with Gasteiger partial charge in [0.1, 0.15) is 0 Å². The molecule has 0 spiro atoms. The van der Waals surface area contributed by atoms with Crippen LogP contribution in [0.3, 0.4) is 0 Å². The summed E-state index contributed by atoms with van der Waals surface area (Å²) in [5.74, 6) is 0.0668. The van der Waals surface area contributed by atoms with Crippen LogP contribution in [0.4, 0.5) is 11.4 Å². The summed E-state index contributed by atoms with van der Waals surface area (Å²) in [5.41, 5.74) is 5.05. The summed E-state index contributed by atoms with van der Waals surface area (Å²) >= 11 is 0. The molecular weight excluding hydrogens is 369 g/mol. The van der Waals surface area contributed by atoms with Gasteiger partial charge in [0.05, 0.1) is 11.3 Å². The van der Waals surface area contributed by atoms with E-state index in [4.69, 9.17) is 0 Å². The second-order valence-corrected chi connectivity index (χ2v) is 6.48. The van der Waals surface area contributed by atoms with E-state index in [0.717, 1.165) is 30.9 Å². The number of amides is 1. The summed E-state index contributed by atoms with van der Waals surface area (Å²) in [6.45, 7) is 6.04. The molecule has 1 fully saturated rings. The molecule has 1 aliphatic rings. The molecule has 1 aliphatic heterocycles. The van der Waals surface area contributed by atoms with Gasteiger partial charge in [-0.3, -0.25) is 4.79 Å². The number of hydrogen-bond donors (Lipinski definition) is 2. The number of nitrogens with zero attached hydrogens (tertiary/aromatic N) is 1. The molecule has 1 heterocycles. The summed E-state index contributed by atoms with van der Waals surface area (Å²) in [5, 5.41) is 6.76. The highest BCUT2D eigenvalue weighted by molar-refractivity contribution is 6.00. The number of carbonyl (C=O) groups excluding carboxylic acids is 1. The Morgan fingerprint density at radius 3 is 2.46 bits per heavy atom. The van der Waals surface area contributed by atoms with Crippen molar-refractivity contribution in [1.82, 2.24) is 10.2 Å². The first kappa shape index (κ1) is 22.3. The normalized spacial score (nSPS) is 15.6. The third-order valence-corrected chi connectivity index (χ3v) is 4.93. The van der Waals surface area contributed by atoms with Gasteiger partial charge in [-0.1, -0.05) is 24.3 Å². The largest absolute Gasteiger partial charge is 0.355 e. The Bertz CT molecular complexity index is 746. The number of para-hydroxylation sites is 1. The number of aryl methyl sites for hydroxylation is 1. The van der Waals surface area contributed by atoms with Crippen LogP contribution >= 0.6 is 24.8 Å². The zero-order valence-corrected chi connectivity index (χ0v) is 17.0. The van der Waals surface area contributed by atoms with Gasteiger partial charge in [-0.05, 0) is 56.1 Å². The van der Waals surface area contributed by atoms with Crippen molar-refractivity contribution in [3.63, 3.8) is 0 Å². The van der Waals surface area contributed by atoms with Crippen molar-refractivity contribution >= 4 is 42.1 Å². The van der Waals surface area contributed by atoms with Gasteiger partial charge in [0.25, 0.3) is 5.91 Å². The maximum Gasteiger partial charge on any atom is 0.255 e. The van der Waals surface area contributed by atoms with Crippen LogP contribution in [0, 0.1) is 13.8 Å². The smallest absolute Gasteiger partial charge is 0.255 e. The van der Waals surface area contributed by atoms with E-state index in [2.05, 4.69) is 30.5 Å². The van der Waals surface area contributed by atoms with Gasteiger partial charge in [0.2, 0.25) is 0 Å². The average Bonchev–Trinajstić information content (AvgIpc) is 3.13. The maximum atomic E-state index is 13.0. The number of anilines is 2. The van der Waals surface area contributed by atoms with E-state index in [0.29, 0.717) is 5.56 Å². The number of rotatable bonds is 4. The number of nitrogens with one attached hydrogen (secondary N) is 2. The first-order chi connectivity index (χ1) is 11.6. The SMILES string of the molecule is Cc1cccc(Nc2ccccc2C(=O)N(C)C2CCNC2)c1C.Cl.Cl. The molecule has 0 bridgehead atoms. The summed E-state index contributed by atoms with van der Waals surface area (Å²) in [4.78, 5) is 14.8. The highest BCUT2D eigenvalue weighted by Gasteiger charge is 2.25. The van der Waals surface area contributed by atoms with Crippen molar-refractivity contribution < 1.29 is 4.79 Å². The van der Waals surface area contributed by atoms with Gasteiger partial charge in [0.15, 0.2) is 0 Å². The lowest BCUT2D eigenvalue weighted by Gasteiger charge is -2.25. The molecule has 0 saturated carbocycles.